The molecule has 0 radical (unpaired) electrons. The van der Waals surface area contributed by atoms with E-state index in [1.807, 2.05) is 27.7 Å². The van der Waals surface area contributed by atoms with E-state index in [0.29, 0.717) is 106 Å². The smallest absolute Gasteiger partial charge is 0.256 e. The molecule has 0 amide bonds. The van der Waals surface area contributed by atoms with Crippen LogP contribution in [0.2, 0.25) is 10.0 Å². The summed E-state index contributed by atoms with van der Waals surface area (Å²) < 4.78 is 40.8. The Morgan fingerprint density at radius 2 is 0.880 bits per heavy atom. The topological polar surface area (TPSA) is 173 Å². The van der Waals surface area contributed by atoms with Crippen molar-refractivity contribution in [3.63, 3.8) is 0 Å². The zero-order valence-electron chi connectivity index (χ0n) is 43.8. The molecule has 6 heterocycles. The van der Waals surface area contributed by atoms with Crippen LogP contribution in [0.5, 0.6) is 0 Å². The molecule has 0 saturated heterocycles. The molecule has 4 aromatic carbocycles. The van der Waals surface area contributed by atoms with E-state index in [4.69, 9.17) is 23.2 Å². The van der Waals surface area contributed by atoms with Crippen LogP contribution in [0.25, 0.3) is 65.0 Å². The Morgan fingerprint density at radius 1 is 0.520 bits per heavy atom. The lowest BCUT2D eigenvalue weighted by Crippen LogP contribution is -2.31. The Balaban J connectivity index is 0.000000177. The molecule has 6 aromatic heterocycles. The minimum atomic E-state index is -0.424. The lowest BCUT2D eigenvalue weighted by atomic mass is 9.88. The van der Waals surface area contributed by atoms with Crippen molar-refractivity contribution in [3.05, 3.63) is 174 Å². The van der Waals surface area contributed by atoms with Gasteiger partial charge in [-0.2, -0.15) is 0 Å². The first-order chi connectivity index (χ1) is 35.7. The van der Waals surface area contributed by atoms with Crippen LogP contribution in [0.15, 0.2) is 124 Å². The molecule has 12 nitrogen and oxygen atoms in total. The van der Waals surface area contributed by atoms with Crippen molar-refractivity contribution in [1.29, 1.82) is 0 Å². The second-order valence-corrected chi connectivity index (χ2v) is 20.2. The number of aromatic amines is 3. The summed E-state index contributed by atoms with van der Waals surface area (Å²) in [4.78, 5) is 58.5. The third kappa shape index (κ3) is 13.3. The molecule has 0 aliphatic rings. The monoisotopic (exact) mass is 1060 g/mol. The molecular weight excluding hydrogens is 999 g/mol. The first kappa shape index (κ1) is 56.8. The van der Waals surface area contributed by atoms with Gasteiger partial charge in [0.15, 0.2) is 0 Å². The molecule has 0 fully saturated rings. The molecule has 0 aliphatic heterocycles. The summed E-state index contributed by atoms with van der Waals surface area (Å²) in [6.07, 6.45) is 4.70. The number of H-pyrrole nitrogens is 3. The highest BCUT2D eigenvalue weighted by Crippen LogP contribution is 2.33. The summed E-state index contributed by atoms with van der Waals surface area (Å²) >= 11 is 12.4. The number of benzene rings is 4. The van der Waals surface area contributed by atoms with Gasteiger partial charge in [-0.1, -0.05) is 98.5 Å². The predicted octanol–water partition coefficient (Wildman–Crippen LogP) is 14.9. The number of hydrogen-bond donors (Lipinski definition) is 6. The zero-order chi connectivity index (χ0) is 54.9. The normalized spacial score (nSPS) is 11.7. The number of halogens is 5. The Kier molecular flexibility index (Phi) is 18.4. The molecule has 1 unspecified atom stereocenters. The van der Waals surface area contributed by atoms with E-state index in [2.05, 4.69) is 94.3 Å². The molecule has 17 heteroatoms. The van der Waals surface area contributed by atoms with Crippen LogP contribution < -0.4 is 32.6 Å². The van der Waals surface area contributed by atoms with Gasteiger partial charge in [-0.3, -0.25) is 14.4 Å². The Hall–Kier alpha value is -7.49. The number of fused-ring (bicyclic) bond motifs is 9. The fraction of sp³-hybridized carbons (Fsp3) is 0.276. The second-order valence-electron chi connectivity index (χ2n) is 19.4. The molecule has 10 aromatic rings. The summed E-state index contributed by atoms with van der Waals surface area (Å²) in [7, 11) is 0. The maximum Gasteiger partial charge on any atom is 0.256 e. The Morgan fingerprint density at radius 3 is 1.25 bits per heavy atom. The van der Waals surface area contributed by atoms with Gasteiger partial charge in [0.1, 0.15) is 34.9 Å². The number of nitrogens with one attached hydrogen (secondary N) is 6. The highest BCUT2D eigenvalue weighted by atomic mass is 35.5. The molecule has 0 aliphatic carbocycles. The number of hydrogen-bond acceptors (Lipinski definition) is 9. The predicted molar refractivity (Wildman–Crippen MR) is 306 cm³/mol. The van der Waals surface area contributed by atoms with Gasteiger partial charge in [-0.25, -0.2) is 28.1 Å². The van der Waals surface area contributed by atoms with E-state index >= 15 is 0 Å². The van der Waals surface area contributed by atoms with Crippen LogP contribution in [0.4, 0.5) is 30.6 Å². The third-order valence-corrected chi connectivity index (χ3v) is 12.7. The van der Waals surface area contributed by atoms with Crippen molar-refractivity contribution < 1.29 is 13.2 Å². The summed E-state index contributed by atoms with van der Waals surface area (Å²) in [6, 6.07) is 23.5. The fourth-order valence-corrected chi connectivity index (χ4v) is 8.34. The van der Waals surface area contributed by atoms with E-state index in [-0.39, 0.29) is 45.2 Å². The Labute approximate surface area is 442 Å². The van der Waals surface area contributed by atoms with Gasteiger partial charge < -0.3 is 30.9 Å². The number of aromatic nitrogens is 6. The maximum atomic E-state index is 13.7. The summed E-state index contributed by atoms with van der Waals surface area (Å²) in [5.74, 6) is 0.609. The van der Waals surface area contributed by atoms with Crippen molar-refractivity contribution in [2.45, 2.75) is 88.7 Å². The van der Waals surface area contributed by atoms with Gasteiger partial charge in [0.05, 0.1) is 32.7 Å². The number of anilines is 3. The van der Waals surface area contributed by atoms with E-state index < -0.39 is 5.82 Å². The highest BCUT2D eigenvalue weighted by molar-refractivity contribution is 6.36. The van der Waals surface area contributed by atoms with Crippen LogP contribution in [0.3, 0.4) is 0 Å². The van der Waals surface area contributed by atoms with Crippen LogP contribution in [-0.2, 0) is 6.54 Å². The fourth-order valence-electron chi connectivity index (χ4n) is 7.81. The van der Waals surface area contributed by atoms with Crippen LogP contribution in [0.1, 0.15) is 81.7 Å². The minimum Gasteiger partial charge on any atom is -0.369 e. The van der Waals surface area contributed by atoms with E-state index in [1.54, 1.807) is 67.0 Å². The van der Waals surface area contributed by atoms with Crippen LogP contribution in [0, 0.1) is 28.3 Å². The van der Waals surface area contributed by atoms with Crippen molar-refractivity contribution >= 4 is 106 Å². The second kappa shape index (κ2) is 24.2. The Bertz CT molecular complexity index is 3830. The highest BCUT2D eigenvalue weighted by Gasteiger charge is 2.22. The summed E-state index contributed by atoms with van der Waals surface area (Å²) in [6.45, 7) is 23.9. The maximum absolute atomic E-state index is 13.7. The molecule has 75 heavy (non-hydrogen) atoms. The quantitative estimate of drug-likeness (QED) is 0.0849. The molecule has 392 valence electrons. The average Bonchev–Trinajstić information content (AvgIpc) is 3.37. The molecule has 0 bridgehead atoms. The van der Waals surface area contributed by atoms with Gasteiger partial charge in [0, 0.05) is 85.6 Å². The molecule has 1 atom stereocenters. The van der Waals surface area contributed by atoms with E-state index in [1.165, 1.54) is 42.6 Å². The van der Waals surface area contributed by atoms with Gasteiger partial charge in [0.25, 0.3) is 16.7 Å². The first-order valence-electron chi connectivity index (χ1n) is 24.7. The SMILES string of the molecule is CC.CC.CC(C)(C)CNc1nc2ccc(F)cc2c2c(=O)[nH]ccc12.CC(Nc1nc2ccc(F)cc2c2c(=O)[nH]ccc12)C(C)(C)C.O=c1[nH]ccc2c(NCc3c(Cl)cccc3Cl)nc3ccc(F)cc3c12. The molecular formula is C58H62Cl2F3N9O3. The van der Waals surface area contributed by atoms with E-state index in [0.717, 1.165) is 5.56 Å². The summed E-state index contributed by atoms with van der Waals surface area (Å²) in [5, 5.41) is 15.8. The lowest BCUT2D eigenvalue weighted by Gasteiger charge is -2.29. The van der Waals surface area contributed by atoms with Crippen molar-refractivity contribution in [2.75, 3.05) is 22.5 Å². The van der Waals surface area contributed by atoms with Gasteiger partial charge in [-0.05, 0) is 103 Å². The van der Waals surface area contributed by atoms with Crippen LogP contribution >= 0.6 is 23.2 Å². The zero-order valence-corrected chi connectivity index (χ0v) is 45.4. The van der Waals surface area contributed by atoms with Gasteiger partial charge in [-0.15, -0.1) is 0 Å². The van der Waals surface area contributed by atoms with Crippen LogP contribution in [-0.4, -0.2) is 42.5 Å². The van der Waals surface area contributed by atoms with E-state index in [9.17, 15) is 27.6 Å². The van der Waals surface area contributed by atoms with Crippen molar-refractivity contribution in [3.8, 4) is 0 Å². The lowest BCUT2D eigenvalue weighted by molar-refractivity contribution is 0.359. The summed E-state index contributed by atoms with van der Waals surface area (Å²) in [5.41, 5.74) is 1.76. The van der Waals surface area contributed by atoms with Gasteiger partial charge in [0.2, 0.25) is 0 Å². The molecule has 0 saturated carbocycles. The minimum absolute atomic E-state index is 0.0347. The first-order valence-corrected chi connectivity index (χ1v) is 25.4. The van der Waals surface area contributed by atoms with Crippen molar-refractivity contribution in [2.24, 2.45) is 10.8 Å². The molecule has 0 spiro atoms. The number of pyridine rings is 6. The van der Waals surface area contributed by atoms with Crippen molar-refractivity contribution in [1.82, 2.24) is 29.9 Å². The average molecular weight is 1060 g/mol. The molecule has 10 rings (SSSR count). The third-order valence-electron chi connectivity index (χ3n) is 12.0. The standard InChI is InChI=1S/C19H12Cl2FN3O.C18H20FN3O.C17H18FN3O.2C2H6/c20-14-2-1-3-15(21)13(14)9-24-18-11-6-7-23-19(26)17(11)12-8-10(22)4-5-16(12)25-18;1-10(18(2,3)4)21-16-12-7-8-20-17(23)15(12)13-9-11(19)5-6-14(13)22-16;1-17(2,3)9-20-15-11-6-7-19-16(22)14(11)12-8-10(18)4-5-13(12)21-15;2*1-2/h1-8H,9H2,(H,23,26)(H,24,25);5-10H,1-4H3,(H,20,23)(H,21,22);4-8H,9H2,1-3H3,(H,19,22)(H,20,21);2*1-2H3. The van der Waals surface area contributed by atoms with Gasteiger partial charge >= 0.3 is 0 Å². The number of rotatable bonds is 7. The number of nitrogens with zero attached hydrogens (tertiary/aromatic N) is 3. The molecule has 6 N–H and O–H groups in total. The largest absolute Gasteiger partial charge is 0.369 e.